The van der Waals surface area contributed by atoms with Crippen molar-refractivity contribution in [2.24, 2.45) is 5.73 Å². The first kappa shape index (κ1) is 16.3. The number of ether oxygens (including phenoxy) is 1. The molecule has 3 heteroatoms. The van der Waals surface area contributed by atoms with Crippen molar-refractivity contribution in [3.8, 4) is 5.75 Å². The fourth-order valence-corrected chi connectivity index (χ4v) is 3.22. The molecule has 1 fully saturated rings. The molecule has 2 rings (SSSR count). The fourth-order valence-electron chi connectivity index (χ4n) is 3.22. The van der Waals surface area contributed by atoms with Gasteiger partial charge in [-0.25, -0.2) is 0 Å². The highest BCUT2D eigenvalue weighted by molar-refractivity contribution is 5.27. The van der Waals surface area contributed by atoms with E-state index in [0.717, 1.165) is 25.4 Å². The van der Waals surface area contributed by atoms with Gasteiger partial charge in [-0.2, -0.15) is 0 Å². The maximum Gasteiger partial charge on any atom is 0.119 e. The first-order valence-corrected chi connectivity index (χ1v) is 8.38. The third-order valence-electron chi connectivity index (χ3n) is 4.41. The zero-order chi connectivity index (χ0) is 15.1. The predicted octanol–water partition coefficient (Wildman–Crippen LogP) is 3.36. The van der Waals surface area contributed by atoms with E-state index in [4.69, 9.17) is 10.5 Å². The largest absolute Gasteiger partial charge is 0.492 e. The molecule has 0 heterocycles. The molecule has 0 aliphatic heterocycles. The molecule has 1 aliphatic carbocycles. The van der Waals surface area contributed by atoms with Gasteiger partial charge in [-0.1, -0.05) is 19.1 Å². The number of aryl methyl sites for hydroxylation is 1. The summed E-state index contributed by atoms with van der Waals surface area (Å²) in [5, 5.41) is 0. The van der Waals surface area contributed by atoms with Gasteiger partial charge in [0, 0.05) is 18.6 Å². The summed E-state index contributed by atoms with van der Waals surface area (Å²) in [6, 6.07) is 9.41. The SMILES string of the molecule is CCCN(CCOc1cccc(C)c1)C1CCC(N)CC1. The highest BCUT2D eigenvalue weighted by Gasteiger charge is 2.23. The Morgan fingerprint density at radius 2 is 1.95 bits per heavy atom. The van der Waals surface area contributed by atoms with Crippen molar-refractivity contribution < 1.29 is 4.74 Å². The maximum absolute atomic E-state index is 6.02. The highest BCUT2D eigenvalue weighted by atomic mass is 16.5. The molecule has 1 aromatic carbocycles. The molecule has 0 unspecified atom stereocenters. The van der Waals surface area contributed by atoms with E-state index in [1.165, 1.54) is 37.7 Å². The second-order valence-electron chi connectivity index (χ2n) is 6.27. The van der Waals surface area contributed by atoms with Crippen molar-refractivity contribution in [2.45, 2.75) is 58.0 Å². The molecule has 1 saturated carbocycles. The van der Waals surface area contributed by atoms with Crippen LogP contribution in [0.15, 0.2) is 24.3 Å². The average Bonchev–Trinajstić information content (AvgIpc) is 2.47. The van der Waals surface area contributed by atoms with Crippen molar-refractivity contribution in [1.82, 2.24) is 4.90 Å². The molecule has 0 atom stereocenters. The van der Waals surface area contributed by atoms with Crippen LogP contribution in [0.25, 0.3) is 0 Å². The lowest BCUT2D eigenvalue weighted by molar-refractivity contribution is 0.126. The average molecular weight is 290 g/mol. The van der Waals surface area contributed by atoms with Gasteiger partial charge in [-0.3, -0.25) is 4.90 Å². The van der Waals surface area contributed by atoms with Crippen LogP contribution in [0.1, 0.15) is 44.6 Å². The summed E-state index contributed by atoms with van der Waals surface area (Å²) in [5.41, 5.74) is 7.27. The molecule has 1 aliphatic rings. The summed E-state index contributed by atoms with van der Waals surface area (Å²) in [6.07, 6.45) is 6.03. The standard InChI is InChI=1S/C18H30N2O/c1-3-11-20(17-9-7-16(19)8-10-17)12-13-21-18-6-4-5-15(2)14-18/h4-6,14,16-17H,3,7-13,19H2,1-2H3. The van der Waals surface area contributed by atoms with E-state index >= 15 is 0 Å². The third-order valence-corrected chi connectivity index (χ3v) is 4.41. The van der Waals surface area contributed by atoms with Crippen LogP contribution in [0.4, 0.5) is 0 Å². The van der Waals surface area contributed by atoms with E-state index in [-0.39, 0.29) is 0 Å². The van der Waals surface area contributed by atoms with Gasteiger partial charge in [0.2, 0.25) is 0 Å². The summed E-state index contributed by atoms with van der Waals surface area (Å²) in [6.45, 7) is 7.30. The van der Waals surface area contributed by atoms with Gasteiger partial charge in [-0.15, -0.1) is 0 Å². The first-order valence-electron chi connectivity index (χ1n) is 8.38. The molecule has 2 N–H and O–H groups in total. The Hall–Kier alpha value is -1.06. The Balaban J connectivity index is 1.79. The van der Waals surface area contributed by atoms with Gasteiger partial charge in [-0.05, 0) is 63.3 Å². The summed E-state index contributed by atoms with van der Waals surface area (Å²) in [4.78, 5) is 2.60. The lowest BCUT2D eigenvalue weighted by atomic mass is 9.90. The Kier molecular flexibility index (Phi) is 6.52. The van der Waals surface area contributed by atoms with Crippen molar-refractivity contribution in [2.75, 3.05) is 19.7 Å². The molecule has 0 bridgehead atoms. The van der Waals surface area contributed by atoms with Gasteiger partial charge in [0.25, 0.3) is 0 Å². The third kappa shape index (κ3) is 5.33. The number of nitrogens with zero attached hydrogens (tertiary/aromatic N) is 1. The molecule has 0 radical (unpaired) electrons. The number of hydrogen-bond donors (Lipinski definition) is 1. The molecule has 0 aromatic heterocycles. The smallest absolute Gasteiger partial charge is 0.119 e. The minimum Gasteiger partial charge on any atom is -0.492 e. The van der Waals surface area contributed by atoms with E-state index in [1.807, 2.05) is 6.07 Å². The Labute approximate surface area is 129 Å². The van der Waals surface area contributed by atoms with Gasteiger partial charge in [0.05, 0.1) is 0 Å². The van der Waals surface area contributed by atoms with Crippen molar-refractivity contribution in [3.63, 3.8) is 0 Å². The molecule has 1 aromatic rings. The summed E-state index contributed by atoms with van der Waals surface area (Å²) < 4.78 is 5.91. The maximum atomic E-state index is 6.02. The minimum absolute atomic E-state index is 0.424. The summed E-state index contributed by atoms with van der Waals surface area (Å²) in [5.74, 6) is 0.983. The monoisotopic (exact) mass is 290 g/mol. The van der Waals surface area contributed by atoms with Gasteiger partial charge < -0.3 is 10.5 Å². The molecule has 0 amide bonds. The first-order chi connectivity index (χ1) is 10.2. The number of rotatable bonds is 7. The molecule has 0 spiro atoms. The zero-order valence-corrected chi connectivity index (χ0v) is 13.6. The lowest BCUT2D eigenvalue weighted by Gasteiger charge is -2.35. The van der Waals surface area contributed by atoms with E-state index in [2.05, 4.69) is 36.9 Å². The van der Waals surface area contributed by atoms with Gasteiger partial charge in [0.1, 0.15) is 12.4 Å². The number of hydrogen-bond acceptors (Lipinski definition) is 3. The van der Waals surface area contributed by atoms with Crippen LogP contribution in [-0.4, -0.2) is 36.7 Å². The van der Waals surface area contributed by atoms with Crippen LogP contribution in [0, 0.1) is 6.92 Å². The molecule has 3 nitrogen and oxygen atoms in total. The molecular weight excluding hydrogens is 260 g/mol. The van der Waals surface area contributed by atoms with Crippen LogP contribution in [-0.2, 0) is 0 Å². The zero-order valence-electron chi connectivity index (χ0n) is 13.6. The second kappa shape index (κ2) is 8.40. The normalized spacial score (nSPS) is 22.5. The lowest BCUT2D eigenvalue weighted by Crippen LogP contribution is -2.43. The molecule has 118 valence electrons. The van der Waals surface area contributed by atoms with Crippen LogP contribution in [0.3, 0.4) is 0 Å². The van der Waals surface area contributed by atoms with E-state index < -0.39 is 0 Å². The van der Waals surface area contributed by atoms with Crippen molar-refractivity contribution in [3.05, 3.63) is 29.8 Å². The van der Waals surface area contributed by atoms with Crippen molar-refractivity contribution >= 4 is 0 Å². The van der Waals surface area contributed by atoms with E-state index in [9.17, 15) is 0 Å². The van der Waals surface area contributed by atoms with Gasteiger partial charge in [0.15, 0.2) is 0 Å². The molecule has 21 heavy (non-hydrogen) atoms. The molecular formula is C18H30N2O. The number of benzene rings is 1. The van der Waals surface area contributed by atoms with Crippen molar-refractivity contribution in [1.29, 1.82) is 0 Å². The summed E-state index contributed by atoms with van der Waals surface area (Å²) >= 11 is 0. The van der Waals surface area contributed by atoms with Crippen LogP contribution >= 0.6 is 0 Å². The Morgan fingerprint density at radius 1 is 1.19 bits per heavy atom. The molecule has 0 saturated heterocycles. The van der Waals surface area contributed by atoms with Crippen LogP contribution < -0.4 is 10.5 Å². The van der Waals surface area contributed by atoms with Gasteiger partial charge >= 0.3 is 0 Å². The van der Waals surface area contributed by atoms with Crippen LogP contribution in [0.5, 0.6) is 5.75 Å². The topological polar surface area (TPSA) is 38.5 Å². The highest BCUT2D eigenvalue weighted by Crippen LogP contribution is 2.22. The quantitative estimate of drug-likeness (QED) is 0.837. The van der Waals surface area contributed by atoms with E-state index in [0.29, 0.717) is 12.1 Å². The van der Waals surface area contributed by atoms with Crippen LogP contribution in [0.2, 0.25) is 0 Å². The van der Waals surface area contributed by atoms with E-state index in [1.54, 1.807) is 0 Å². The Bertz CT molecular complexity index is 413. The number of nitrogens with two attached hydrogens (primary N) is 1. The summed E-state index contributed by atoms with van der Waals surface area (Å²) in [7, 11) is 0. The fraction of sp³-hybridized carbons (Fsp3) is 0.667. The second-order valence-corrected chi connectivity index (χ2v) is 6.27. The predicted molar refractivity (Wildman–Crippen MR) is 88.8 cm³/mol. The minimum atomic E-state index is 0.424. The Morgan fingerprint density at radius 3 is 2.62 bits per heavy atom.